The van der Waals surface area contributed by atoms with Crippen molar-refractivity contribution >= 4 is 5.91 Å². The van der Waals surface area contributed by atoms with Gasteiger partial charge in [-0.1, -0.05) is 25.7 Å². The number of hydrogen-bond donors (Lipinski definition) is 2. The number of carbonyl (C=O) groups excluding carboxylic acids is 1. The van der Waals surface area contributed by atoms with Crippen molar-refractivity contribution in [2.75, 3.05) is 0 Å². The fourth-order valence-electron chi connectivity index (χ4n) is 0.648. The lowest BCUT2D eigenvalue weighted by Crippen LogP contribution is -2.18. The second-order valence-electron chi connectivity index (χ2n) is 2.31. The van der Waals surface area contributed by atoms with Crippen molar-refractivity contribution < 1.29 is 4.79 Å². The third-order valence-electron chi connectivity index (χ3n) is 1.25. The second-order valence-corrected chi connectivity index (χ2v) is 2.31. The van der Waals surface area contributed by atoms with Gasteiger partial charge in [0.15, 0.2) is 0 Å². The van der Waals surface area contributed by atoms with E-state index < -0.39 is 5.91 Å². The van der Waals surface area contributed by atoms with E-state index in [0.29, 0.717) is 0 Å². The molecule has 0 rings (SSSR count). The molecule has 0 aromatic heterocycles. The highest BCUT2D eigenvalue weighted by Gasteiger charge is 2.03. The zero-order chi connectivity index (χ0) is 9.56. The van der Waals surface area contributed by atoms with E-state index in [1.54, 1.807) is 12.2 Å². The first-order valence-corrected chi connectivity index (χ1v) is 3.71. The molecule has 0 unspecified atom stereocenters. The van der Waals surface area contributed by atoms with E-state index in [9.17, 15) is 4.79 Å². The molecule has 0 aliphatic heterocycles. The zero-order valence-electron chi connectivity index (χ0n) is 7.21. The summed E-state index contributed by atoms with van der Waals surface area (Å²) in [6, 6.07) is 0. The smallest absolute Gasteiger partial charge is 0.250 e. The topological polar surface area (TPSA) is 69.1 Å². The lowest BCUT2D eigenvalue weighted by atomic mass is 10.2. The van der Waals surface area contributed by atoms with Crippen LogP contribution in [0.25, 0.3) is 0 Å². The summed E-state index contributed by atoms with van der Waals surface area (Å²) in [5.74, 6) is -0.553. The van der Waals surface area contributed by atoms with Gasteiger partial charge in [-0.2, -0.15) is 0 Å². The van der Waals surface area contributed by atoms with Crippen molar-refractivity contribution in [1.82, 2.24) is 0 Å². The molecular formula is C9H14N2O. The first-order chi connectivity index (χ1) is 5.59. The van der Waals surface area contributed by atoms with E-state index >= 15 is 0 Å². The van der Waals surface area contributed by atoms with Gasteiger partial charge in [-0.15, -0.1) is 0 Å². The molecule has 0 saturated heterocycles. The minimum absolute atomic E-state index is 0.197. The number of allylic oxidation sites excluding steroid dienone is 3. The highest BCUT2D eigenvalue weighted by molar-refractivity contribution is 5.96. The monoisotopic (exact) mass is 166 g/mol. The van der Waals surface area contributed by atoms with Crippen molar-refractivity contribution in [3.8, 4) is 0 Å². The van der Waals surface area contributed by atoms with Crippen LogP contribution in [-0.4, -0.2) is 5.91 Å². The van der Waals surface area contributed by atoms with Crippen LogP contribution in [0.15, 0.2) is 36.1 Å². The van der Waals surface area contributed by atoms with Crippen LogP contribution in [0.1, 0.15) is 13.3 Å². The number of hydrogen-bond acceptors (Lipinski definition) is 2. The fraction of sp³-hybridized carbons (Fsp3) is 0.222. The molecule has 0 atom stereocenters. The van der Waals surface area contributed by atoms with Gasteiger partial charge in [0.1, 0.15) is 0 Å². The molecule has 0 heterocycles. The third-order valence-corrected chi connectivity index (χ3v) is 1.25. The average Bonchev–Trinajstić information content (AvgIpc) is 1.96. The molecule has 3 heteroatoms. The molecule has 0 saturated carbocycles. The van der Waals surface area contributed by atoms with E-state index in [2.05, 4.69) is 6.58 Å². The summed E-state index contributed by atoms with van der Waals surface area (Å²) in [4.78, 5) is 10.7. The molecule has 0 spiro atoms. The maximum absolute atomic E-state index is 10.7. The summed E-state index contributed by atoms with van der Waals surface area (Å²) in [5.41, 5.74) is 10.8. The van der Waals surface area contributed by atoms with Crippen LogP contribution in [0.2, 0.25) is 0 Å². The number of carbonyl (C=O) groups is 1. The Morgan fingerprint density at radius 1 is 1.50 bits per heavy atom. The standard InChI is InChI=1S/C9H14N2O/c1-3-4-5-6-8(7(2)10)9(11)12/h4-6H,2-3,10H2,1H3,(H2,11,12)/b5-4-,8-6+. The molecule has 1 amide bonds. The molecular weight excluding hydrogens is 152 g/mol. The Morgan fingerprint density at radius 3 is 2.42 bits per heavy atom. The summed E-state index contributed by atoms with van der Waals surface area (Å²) in [6.07, 6.45) is 6.10. The van der Waals surface area contributed by atoms with E-state index in [-0.39, 0.29) is 11.3 Å². The first-order valence-electron chi connectivity index (χ1n) is 3.71. The number of rotatable bonds is 4. The molecule has 0 aromatic rings. The van der Waals surface area contributed by atoms with Gasteiger partial charge in [-0.3, -0.25) is 4.79 Å². The van der Waals surface area contributed by atoms with Crippen molar-refractivity contribution in [2.24, 2.45) is 11.5 Å². The maximum atomic E-state index is 10.7. The maximum Gasteiger partial charge on any atom is 0.250 e. The molecule has 12 heavy (non-hydrogen) atoms. The molecule has 0 radical (unpaired) electrons. The van der Waals surface area contributed by atoms with Crippen LogP contribution in [0.5, 0.6) is 0 Å². The Balaban J connectivity index is 4.51. The van der Waals surface area contributed by atoms with Crippen LogP contribution >= 0.6 is 0 Å². The summed E-state index contributed by atoms with van der Waals surface area (Å²) >= 11 is 0. The normalized spacial score (nSPS) is 11.9. The van der Waals surface area contributed by atoms with E-state index in [1.807, 2.05) is 13.0 Å². The summed E-state index contributed by atoms with van der Waals surface area (Å²) in [7, 11) is 0. The lowest BCUT2D eigenvalue weighted by Gasteiger charge is -1.98. The fourth-order valence-corrected chi connectivity index (χ4v) is 0.648. The Morgan fingerprint density at radius 2 is 2.08 bits per heavy atom. The van der Waals surface area contributed by atoms with Crippen LogP contribution in [0, 0.1) is 0 Å². The van der Waals surface area contributed by atoms with Gasteiger partial charge < -0.3 is 11.5 Å². The van der Waals surface area contributed by atoms with E-state index in [4.69, 9.17) is 11.5 Å². The molecule has 3 nitrogen and oxygen atoms in total. The lowest BCUT2D eigenvalue weighted by molar-refractivity contribution is -0.114. The van der Waals surface area contributed by atoms with Gasteiger partial charge in [0.25, 0.3) is 5.91 Å². The zero-order valence-corrected chi connectivity index (χ0v) is 7.21. The van der Waals surface area contributed by atoms with Crippen LogP contribution < -0.4 is 11.5 Å². The van der Waals surface area contributed by atoms with Gasteiger partial charge in [0.05, 0.1) is 5.57 Å². The molecule has 0 aliphatic rings. The minimum Gasteiger partial charge on any atom is -0.399 e. The Kier molecular flexibility index (Phi) is 4.53. The number of amides is 1. The molecule has 0 aliphatic carbocycles. The molecule has 0 bridgehead atoms. The highest BCUT2D eigenvalue weighted by Crippen LogP contribution is 2.00. The van der Waals surface area contributed by atoms with E-state index in [1.165, 1.54) is 0 Å². The first kappa shape index (κ1) is 10.5. The van der Waals surface area contributed by atoms with Crippen LogP contribution in [-0.2, 0) is 4.79 Å². The third kappa shape index (κ3) is 3.61. The van der Waals surface area contributed by atoms with Gasteiger partial charge in [-0.05, 0) is 12.5 Å². The van der Waals surface area contributed by atoms with E-state index in [0.717, 1.165) is 6.42 Å². The SMILES string of the molecule is C=C(N)/C(=C\C=C/CC)C(N)=O. The van der Waals surface area contributed by atoms with Gasteiger partial charge in [0, 0.05) is 5.70 Å². The van der Waals surface area contributed by atoms with Crippen LogP contribution in [0.3, 0.4) is 0 Å². The number of primary amides is 1. The van der Waals surface area contributed by atoms with Gasteiger partial charge in [-0.25, -0.2) is 0 Å². The Bertz CT molecular complexity index is 223. The predicted molar refractivity (Wildman–Crippen MR) is 50.0 cm³/mol. The summed E-state index contributed by atoms with van der Waals surface area (Å²) < 4.78 is 0. The van der Waals surface area contributed by atoms with Crippen molar-refractivity contribution in [3.05, 3.63) is 36.1 Å². The predicted octanol–water partition coefficient (Wildman–Crippen LogP) is 0.837. The molecule has 0 aromatic carbocycles. The van der Waals surface area contributed by atoms with Crippen molar-refractivity contribution in [2.45, 2.75) is 13.3 Å². The molecule has 0 fully saturated rings. The van der Waals surface area contributed by atoms with Gasteiger partial charge in [0.2, 0.25) is 0 Å². The van der Waals surface area contributed by atoms with Crippen LogP contribution in [0.4, 0.5) is 0 Å². The molecule has 66 valence electrons. The highest BCUT2D eigenvalue weighted by atomic mass is 16.1. The molecule has 4 N–H and O–H groups in total. The van der Waals surface area contributed by atoms with Gasteiger partial charge >= 0.3 is 0 Å². The second kappa shape index (κ2) is 5.18. The quantitative estimate of drug-likeness (QED) is 0.480. The number of nitrogens with two attached hydrogens (primary N) is 2. The minimum atomic E-state index is -0.553. The summed E-state index contributed by atoms with van der Waals surface area (Å²) in [5, 5.41) is 0. The average molecular weight is 166 g/mol. The summed E-state index contributed by atoms with van der Waals surface area (Å²) in [6.45, 7) is 5.42. The van der Waals surface area contributed by atoms with Crippen molar-refractivity contribution in [1.29, 1.82) is 0 Å². The largest absolute Gasteiger partial charge is 0.399 e. The van der Waals surface area contributed by atoms with Crippen molar-refractivity contribution in [3.63, 3.8) is 0 Å². The Labute approximate surface area is 72.4 Å². The Hall–Kier alpha value is -1.51.